The molecule has 2 rings (SSSR count). The molecule has 1 atom stereocenters. The van der Waals surface area contributed by atoms with E-state index in [1.807, 2.05) is 50.2 Å². The molecule has 0 aliphatic rings. The maximum atomic E-state index is 10.8. The van der Waals surface area contributed by atoms with Crippen LogP contribution in [0.2, 0.25) is 0 Å². The van der Waals surface area contributed by atoms with E-state index in [-0.39, 0.29) is 0 Å². The molecule has 2 aromatic rings. The number of ether oxygens (including phenoxy) is 1. The second-order valence-corrected chi connectivity index (χ2v) is 6.52. The monoisotopic (exact) mass is 382 g/mol. The van der Waals surface area contributed by atoms with Crippen LogP contribution in [-0.2, 0) is 12.0 Å². The Morgan fingerprint density at radius 2 is 1.80 bits per heavy atom. The summed E-state index contributed by atoms with van der Waals surface area (Å²) >= 11 is 2.26. The molecule has 106 valence electrons. The molecular weight excluding hydrogens is 363 g/mol. The molecule has 2 nitrogen and oxygen atoms in total. The van der Waals surface area contributed by atoms with Crippen molar-refractivity contribution in [3.63, 3.8) is 0 Å². The molecule has 0 aromatic heterocycles. The summed E-state index contributed by atoms with van der Waals surface area (Å²) in [5.41, 5.74) is 2.20. The molecule has 0 saturated heterocycles. The fourth-order valence-electron chi connectivity index (χ4n) is 2.33. The van der Waals surface area contributed by atoms with E-state index in [4.69, 9.17) is 4.74 Å². The van der Waals surface area contributed by atoms with Gasteiger partial charge in [-0.05, 0) is 65.8 Å². The van der Waals surface area contributed by atoms with Crippen LogP contribution in [0.4, 0.5) is 0 Å². The molecule has 0 saturated carbocycles. The van der Waals surface area contributed by atoms with Crippen LogP contribution in [-0.4, -0.2) is 12.2 Å². The summed E-state index contributed by atoms with van der Waals surface area (Å²) in [7, 11) is 1.66. The van der Waals surface area contributed by atoms with Gasteiger partial charge in [-0.25, -0.2) is 0 Å². The summed E-state index contributed by atoms with van der Waals surface area (Å²) in [6.07, 6.45) is 0.526. The van der Waals surface area contributed by atoms with Crippen LogP contribution in [0.25, 0.3) is 0 Å². The van der Waals surface area contributed by atoms with E-state index in [1.54, 1.807) is 7.11 Å². The van der Waals surface area contributed by atoms with Gasteiger partial charge < -0.3 is 9.84 Å². The van der Waals surface area contributed by atoms with E-state index in [9.17, 15) is 5.11 Å². The molecule has 3 heteroatoms. The molecule has 1 N–H and O–H groups in total. The van der Waals surface area contributed by atoms with E-state index in [1.165, 1.54) is 5.56 Å². The molecule has 0 spiro atoms. The van der Waals surface area contributed by atoms with Gasteiger partial charge in [0.25, 0.3) is 0 Å². The van der Waals surface area contributed by atoms with Crippen molar-refractivity contribution >= 4 is 22.6 Å². The van der Waals surface area contributed by atoms with Crippen molar-refractivity contribution in [3.8, 4) is 5.75 Å². The van der Waals surface area contributed by atoms with Crippen molar-refractivity contribution in [2.24, 2.45) is 0 Å². The number of methoxy groups -OCH3 is 1. The van der Waals surface area contributed by atoms with Gasteiger partial charge in [0, 0.05) is 9.99 Å². The predicted octanol–water partition coefficient (Wildman–Crippen LogP) is 4.06. The second kappa shape index (κ2) is 6.14. The molecule has 2 aromatic carbocycles. The minimum Gasteiger partial charge on any atom is -0.496 e. The number of halogens is 1. The van der Waals surface area contributed by atoms with Gasteiger partial charge in [-0.2, -0.15) is 0 Å². The maximum absolute atomic E-state index is 10.8. The molecule has 0 radical (unpaired) electrons. The molecule has 0 heterocycles. The fraction of sp³-hybridized carbons (Fsp3) is 0.294. The molecular formula is C17H19IO2. The highest BCUT2D eigenvalue weighted by molar-refractivity contribution is 14.1. The number of hydrogen-bond donors (Lipinski definition) is 1. The van der Waals surface area contributed by atoms with E-state index < -0.39 is 5.60 Å². The van der Waals surface area contributed by atoms with Crippen LogP contribution in [0, 0.1) is 10.5 Å². The van der Waals surface area contributed by atoms with E-state index in [2.05, 4.69) is 28.7 Å². The van der Waals surface area contributed by atoms with E-state index in [0.29, 0.717) is 6.42 Å². The molecule has 0 bridgehead atoms. The smallest absolute Gasteiger partial charge is 0.122 e. The Morgan fingerprint density at radius 1 is 1.15 bits per heavy atom. The topological polar surface area (TPSA) is 29.5 Å². The summed E-state index contributed by atoms with van der Waals surface area (Å²) in [6, 6.07) is 14.0. The SMILES string of the molecule is COc1ccc(C)cc1CC(C)(O)c1ccc(I)cc1. The number of hydrogen-bond acceptors (Lipinski definition) is 2. The Bertz CT molecular complexity index is 588. The first kappa shape index (κ1) is 15.3. The van der Waals surface area contributed by atoms with Gasteiger partial charge in [0.1, 0.15) is 5.75 Å². The van der Waals surface area contributed by atoms with Gasteiger partial charge in [-0.1, -0.05) is 29.8 Å². The van der Waals surface area contributed by atoms with Crippen molar-refractivity contribution < 1.29 is 9.84 Å². The highest BCUT2D eigenvalue weighted by Crippen LogP contribution is 2.30. The van der Waals surface area contributed by atoms with Crippen molar-refractivity contribution in [1.82, 2.24) is 0 Å². The normalized spacial score (nSPS) is 13.8. The Kier molecular flexibility index (Phi) is 4.70. The lowest BCUT2D eigenvalue weighted by molar-refractivity contribution is 0.0569. The third kappa shape index (κ3) is 3.52. The van der Waals surface area contributed by atoms with Crippen LogP contribution in [0.5, 0.6) is 5.75 Å². The molecule has 0 aliphatic carbocycles. The Labute approximate surface area is 133 Å². The number of aryl methyl sites for hydroxylation is 1. The lowest BCUT2D eigenvalue weighted by Crippen LogP contribution is -2.24. The first-order chi connectivity index (χ1) is 9.42. The van der Waals surface area contributed by atoms with Gasteiger partial charge in [0.05, 0.1) is 12.7 Å². The lowest BCUT2D eigenvalue weighted by Gasteiger charge is -2.25. The van der Waals surface area contributed by atoms with Crippen LogP contribution < -0.4 is 4.74 Å². The van der Waals surface area contributed by atoms with Gasteiger partial charge in [0.15, 0.2) is 0 Å². The van der Waals surface area contributed by atoms with Crippen LogP contribution >= 0.6 is 22.6 Å². The highest BCUT2D eigenvalue weighted by Gasteiger charge is 2.25. The third-order valence-electron chi connectivity index (χ3n) is 3.44. The molecule has 1 unspecified atom stereocenters. The summed E-state index contributed by atoms with van der Waals surface area (Å²) in [6.45, 7) is 3.89. The quantitative estimate of drug-likeness (QED) is 0.809. The first-order valence-corrected chi connectivity index (χ1v) is 7.62. The van der Waals surface area contributed by atoms with Crippen molar-refractivity contribution in [3.05, 3.63) is 62.7 Å². The zero-order valence-electron chi connectivity index (χ0n) is 12.0. The lowest BCUT2D eigenvalue weighted by atomic mass is 9.88. The summed E-state index contributed by atoms with van der Waals surface area (Å²) < 4.78 is 6.55. The predicted molar refractivity (Wildman–Crippen MR) is 90.2 cm³/mol. The van der Waals surface area contributed by atoms with Gasteiger partial charge in [0.2, 0.25) is 0 Å². The van der Waals surface area contributed by atoms with Crippen molar-refractivity contribution in [2.75, 3.05) is 7.11 Å². The van der Waals surface area contributed by atoms with Gasteiger partial charge in [-0.3, -0.25) is 0 Å². The zero-order chi connectivity index (χ0) is 14.8. The minimum atomic E-state index is -0.911. The Balaban J connectivity index is 2.32. The van der Waals surface area contributed by atoms with Gasteiger partial charge >= 0.3 is 0 Å². The molecule has 0 amide bonds. The first-order valence-electron chi connectivity index (χ1n) is 6.54. The van der Waals surface area contributed by atoms with E-state index in [0.717, 1.165) is 20.4 Å². The fourth-order valence-corrected chi connectivity index (χ4v) is 2.69. The average molecular weight is 382 g/mol. The number of rotatable bonds is 4. The summed E-state index contributed by atoms with van der Waals surface area (Å²) in [5, 5.41) is 10.8. The molecule has 0 fully saturated rings. The molecule has 0 aliphatic heterocycles. The average Bonchev–Trinajstić information content (AvgIpc) is 2.39. The van der Waals surface area contributed by atoms with Crippen LogP contribution in [0.15, 0.2) is 42.5 Å². The zero-order valence-corrected chi connectivity index (χ0v) is 14.1. The third-order valence-corrected chi connectivity index (χ3v) is 4.16. The number of benzene rings is 2. The van der Waals surface area contributed by atoms with Crippen LogP contribution in [0.3, 0.4) is 0 Å². The summed E-state index contributed by atoms with van der Waals surface area (Å²) in [5.74, 6) is 0.821. The van der Waals surface area contributed by atoms with Crippen molar-refractivity contribution in [1.29, 1.82) is 0 Å². The minimum absolute atomic E-state index is 0.526. The largest absolute Gasteiger partial charge is 0.496 e. The molecule has 20 heavy (non-hydrogen) atoms. The van der Waals surface area contributed by atoms with Crippen molar-refractivity contribution in [2.45, 2.75) is 25.9 Å². The Morgan fingerprint density at radius 3 is 2.40 bits per heavy atom. The maximum Gasteiger partial charge on any atom is 0.122 e. The standard InChI is InChI=1S/C17H19IO2/c1-12-4-9-16(20-3)13(10-12)11-17(2,19)14-5-7-15(18)8-6-14/h4-10,19H,11H2,1-3H3. The highest BCUT2D eigenvalue weighted by atomic mass is 127. The second-order valence-electron chi connectivity index (χ2n) is 5.27. The summed E-state index contributed by atoms with van der Waals surface area (Å²) in [4.78, 5) is 0. The van der Waals surface area contributed by atoms with Crippen LogP contribution in [0.1, 0.15) is 23.6 Å². The van der Waals surface area contributed by atoms with Gasteiger partial charge in [-0.15, -0.1) is 0 Å². The Hall–Kier alpha value is -1.07. The number of aliphatic hydroxyl groups is 1. The van der Waals surface area contributed by atoms with E-state index >= 15 is 0 Å².